The van der Waals surface area contributed by atoms with E-state index in [1.807, 2.05) is 41.2 Å². The second-order valence-electron chi connectivity index (χ2n) is 3.98. The predicted molar refractivity (Wildman–Crippen MR) is 70.3 cm³/mol. The number of aromatic nitrogens is 4. The van der Waals surface area contributed by atoms with Gasteiger partial charge in [0, 0.05) is 37.1 Å². The number of hydrogen-bond acceptors (Lipinski definition) is 4. The third-order valence-electron chi connectivity index (χ3n) is 2.70. The summed E-state index contributed by atoms with van der Waals surface area (Å²) in [6.45, 7) is 1.62. The first-order chi connectivity index (χ1) is 8.92. The normalized spacial score (nSPS) is 10.7. The van der Waals surface area contributed by atoms with Gasteiger partial charge < -0.3 is 9.88 Å². The van der Waals surface area contributed by atoms with Crippen LogP contribution in [0.4, 0.5) is 5.95 Å². The van der Waals surface area contributed by atoms with Crippen LogP contribution in [0.1, 0.15) is 0 Å². The van der Waals surface area contributed by atoms with E-state index in [9.17, 15) is 0 Å². The zero-order valence-corrected chi connectivity index (χ0v) is 9.82. The second kappa shape index (κ2) is 4.83. The third-order valence-corrected chi connectivity index (χ3v) is 2.70. The Bertz CT molecular complexity index is 633. The van der Waals surface area contributed by atoms with Crippen LogP contribution in [0.5, 0.6) is 0 Å². The molecule has 0 aliphatic rings. The largest absolute Gasteiger partial charge is 0.352 e. The van der Waals surface area contributed by atoms with E-state index >= 15 is 0 Å². The molecule has 5 nitrogen and oxygen atoms in total. The highest BCUT2D eigenvalue weighted by Gasteiger charge is 1.98. The molecular weight excluding hydrogens is 226 g/mol. The Balaban J connectivity index is 1.67. The SMILES string of the molecule is c1ccc2nc(NCCn3ccnc3)ncc2c1. The van der Waals surface area contributed by atoms with E-state index in [1.165, 1.54) is 0 Å². The summed E-state index contributed by atoms with van der Waals surface area (Å²) in [4.78, 5) is 12.7. The maximum absolute atomic E-state index is 4.45. The Morgan fingerprint density at radius 2 is 2.17 bits per heavy atom. The molecule has 0 atom stereocenters. The van der Waals surface area contributed by atoms with Crippen molar-refractivity contribution in [2.24, 2.45) is 0 Å². The summed E-state index contributed by atoms with van der Waals surface area (Å²) in [5, 5.41) is 4.26. The lowest BCUT2D eigenvalue weighted by Gasteiger charge is -2.06. The van der Waals surface area contributed by atoms with Crippen LogP contribution in [0.3, 0.4) is 0 Å². The molecule has 0 aliphatic heterocycles. The van der Waals surface area contributed by atoms with E-state index in [-0.39, 0.29) is 0 Å². The monoisotopic (exact) mass is 239 g/mol. The van der Waals surface area contributed by atoms with Gasteiger partial charge in [0.2, 0.25) is 5.95 Å². The van der Waals surface area contributed by atoms with Gasteiger partial charge in [-0.25, -0.2) is 15.0 Å². The van der Waals surface area contributed by atoms with E-state index in [0.29, 0.717) is 5.95 Å². The third kappa shape index (κ3) is 2.29. The van der Waals surface area contributed by atoms with E-state index in [2.05, 4.69) is 20.3 Å². The van der Waals surface area contributed by atoms with Crippen LogP contribution < -0.4 is 5.32 Å². The molecule has 0 amide bonds. The van der Waals surface area contributed by atoms with Crippen molar-refractivity contribution < 1.29 is 0 Å². The maximum Gasteiger partial charge on any atom is 0.223 e. The van der Waals surface area contributed by atoms with Crippen molar-refractivity contribution in [2.45, 2.75) is 6.54 Å². The summed E-state index contributed by atoms with van der Waals surface area (Å²) in [6.07, 6.45) is 7.33. The van der Waals surface area contributed by atoms with Gasteiger partial charge in [0.25, 0.3) is 0 Å². The molecule has 5 heteroatoms. The summed E-state index contributed by atoms with van der Waals surface area (Å²) in [5.41, 5.74) is 0.956. The fourth-order valence-electron chi connectivity index (χ4n) is 1.77. The maximum atomic E-state index is 4.45. The number of rotatable bonds is 4. The topological polar surface area (TPSA) is 55.6 Å². The van der Waals surface area contributed by atoms with Crippen molar-refractivity contribution in [1.82, 2.24) is 19.5 Å². The van der Waals surface area contributed by atoms with Crippen LogP contribution in [0.2, 0.25) is 0 Å². The Morgan fingerprint density at radius 1 is 1.22 bits per heavy atom. The Morgan fingerprint density at radius 3 is 3.06 bits per heavy atom. The highest BCUT2D eigenvalue weighted by Crippen LogP contribution is 2.11. The number of imidazole rings is 1. The Hall–Kier alpha value is -2.43. The summed E-state index contributed by atoms with van der Waals surface area (Å²) in [6, 6.07) is 7.95. The van der Waals surface area contributed by atoms with Crippen LogP contribution >= 0.6 is 0 Å². The van der Waals surface area contributed by atoms with Crippen LogP contribution in [0.25, 0.3) is 10.9 Å². The van der Waals surface area contributed by atoms with Gasteiger partial charge in [-0.3, -0.25) is 0 Å². The van der Waals surface area contributed by atoms with Gasteiger partial charge in [0.1, 0.15) is 0 Å². The number of para-hydroxylation sites is 1. The zero-order chi connectivity index (χ0) is 12.2. The molecule has 2 aromatic heterocycles. The molecule has 0 bridgehead atoms. The van der Waals surface area contributed by atoms with Gasteiger partial charge >= 0.3 is 0 Å². The molecule has 3 aromatic rings. The first-order valence-electron chi connectivity index (χ1n) is 5.83. The van der Waals surface area contributed by atoms with Gasteiger partial charge in [-0.15, -0.1) is 0 Å². The number of benzene rings is 1. The van der Waals surface area contributed by atoms with E-state index in [0.717, 1.165) is 24.0 Å². The van der Waals surface area contributed by atoms with Crippen LogP contribution in [0, 0.1) is 0 Å². The molecule has 3 rings (SSSR count). The quantitative estimate of drug-likeness (QED) is 0.756. The average Bonchev–Trinajstić information content (AvgIpc) is 2.92. The summed E-state index contributed by atoms with van der Waals surface area (Å²) >= 11 is 0. The molecule has 0 saturated heterocycles. The van der Waals surface area contributed by atoms with Gasteiger partial charge in [-0.05, 0) is 6.07 Å². The summed E-state index contributed by atoms with van der Waals surface area (Å²) in [5.74, 6) is 0.661. The minimum atomic E-state index is 0.661. The molecule has 0 radical (unpaired) electrons. The van der Waals surface area contributed by atoms with Crippen molar-refractivity contribution in [2.75, 3.05) is 11.9 Å². The van der Waals surface area contributed by atoms with Crippen molar-refractivity contribution in [3.8, 4) is 0 Å². The minimum Gasteiger partial charge on any atom is -0.352 e. The Kier molecular flexibility index (Phi) is 2.87. The second-order valence-corrected chi connectivity index (χ2v) is 3.98. The number of fused-ring (bicyclic) bond motifs is 1. The lowest BCUT2D eigenvalue weighted by Crippen LogP contribution is -2.11. The number of nitrogens with zero attached hydrogens (tertiary/aromatic N) is 4. The van der Waals surface area contributed by atoms with Gasteiger partial charge in [0.05, 0.1) is 11.8 Å². The molecule has 0 unspecified atom stereocenters. The lowest BCUT2D eigenvalue weighted by atomic mass is 10.2. The number of nitrogens with one attached hydrogen (secondary N) is 1. The molecule has 1 N–H and O–H groups in total. The van der Waals surface area contributed by atoms with Gasteiger partial charge in [0.15, 0.2) is 0 Å². The fraction of sp³-hybridized carbons (Fsp3) is 0.154. The highest BCUT2D eigenvalue weighted by molar-refractivity contribution is 5.78. The van der Waals surface area contributed by atoms with E-state index in [4.69, 9.17) is 0 Å². The van der Waals surface area contributed by atoms with Crippen LogP contribution in [-0.4, -0.2) is 26.1 Å². The lowest BCUT2D eigenvalue weighted by molar-refractivity contribution is 0.723. The van der Waals surface area contributed by atoms with Crippen molar-refractivity contribution in [3.63, 3.8) is 0 Å². The summed E-state index contributed by atoms with van der Waals surface area (Å²) < 4.78 is 2.01. The molecule has 0 saturated carbocycles. The van der Waals surface area contributed by atoms with Gasteiger partial charge in [-0.1, -0.05) is 18.2 Å². The number of anilines is 1. The van der Waals surface area contributed by atoms with Crippen molar-refractivity contribution in [1.29, 1.82) is 0 Å². The fourth-order valence-corrected chi connectivity index (χ4v) is 1.77. The van der Waals surface area contributed by atoms with Crippen molar-refractivity contribution in [3.05, 3.63) is 49.2 Å². The first kappa shape index (κ1) is 10.7. The predicted octanol–water partition coefficient (Wildman–Crippen LogP) is 1.94. The minimum absolute atomic E-state index is 0.661. The zero-order valence-electron chi connectivity index (χ0n) is 9.82. The molecule has 0 spiro atoms. The Labute approximate surface area is 105 Å². The molecular formula is C13H13N5. The van der Waals surface area contributed by atoms with Crippen LogP contribution in [0.15, 0.2) is 49.2 Å². The average molecular weight is 239 g/mol. The van der Waals surface area contributed by atoms with Gasteiger partial charge in [-0.2, -0.15) is 0 Å². The standard InChI is InChI=1S/C13H13N5/c1-2-4-12-11(3-1)9-16-13(17-12)15-6-8-18-7-5-14-10-18/h1-5,7,9-10H,6,8H2,(H,15,16,17). The molecule has 90 valence electrons. The summed E-state index contributed by atoms with van der Waals surface area (Å²) in [7, 11) is 0. The van der Waals surface area contributed by atoms with E-state index in [1.54, 1.807) is 12.5 Å². The molecule has 2 heterocycles. The van der Waals surface area contributed by atoms with E-state index < -0.39 is 0 Å². The molecule has 1 aromatic carbocycles. The number of hydrogen-bond donors (Lipinski definition) is 1. The van der Waals surface area contributed by atoms with Crippen molar-refractivity contribution >= 4 is 16.9 Å². The highest BCUT2D eigenvalue weighted by atomic mass is 15.1. The molecule has 18 heavy (non-hydrogen) atoms. The first-order valence-corrected chi connectivity index (χ1v) is 5.83. The smallest absolute Gasteiger partial charge is 0.223 e. The van der Waals surface area contributed by atoms with Crippen LogP contribution in [-0.2, 0) is 6.54 Å². The molecule has 0 aliphatic carbocycles. The molecule has 0 fully saturated rings.